The van der Waals surface area contributed by atoms with Gasteiger partial charge in [0.05, 0.1) is 13.3 Å². The summed E-state index contributed by atoms with van der Waals surface area (Å²) in [7, 11) is 1.64. The first-order valence-electron chi connectivity index (χ1n) is 9.64. The van der Waals surface area contributed by atoms with E-state index in [0.717, 1.165) is 28.2 Å². The molecule has 156 valence electrons. The number of benzene rings is 1. The SMILES string of the molecule is COc1ccc(COc2ccc(OC3=C(C)CC(/C=C/C(=O)O)C=C3C)nc2)cc1. The highest BCUT2D eigenvalue weighted by molar-refractivity contribution is 5.79. The molecular formula is C24H25NO5. The minimum Gasteiger partial charge on any atom is -0.497 e. The number of ether oxygens (including phenoxy) is 3. The Labute approximate surface area is 176 Å². The van der Waals surface area contributed by atoms with Gasteiger partial charge in [0.25, 0.3) is 0 Å². The third-order valence-corrected chi connectivity index (χ3v) is 4.72. The molecule has 1 N–H and O–H groups in total. The molecule has 0 saturated carbocycles. The zero-order chi connectivity index (χ0) is 21.5. The van der Waals surface area contributed by atoms with Gasteiger partial charge >= 0.3 is 5.97 Å². The molecule has 0 saturated heterocycles. The Morgan fingerprint density at radius 3 is 2.50 bits per heavy atom. The number of carbonyl (C=O) groups is 1. The van der Waals surface area contributed by atoms with Gasteiger partial charge in [0.15, 0.2) is 0 Å². The van der Waals surface area contributed by atoms with Crippen LogP contribution in [0, 0.1) is 5.92 Å². The second-order valence-electron chi connectivity index (χ2n) is 7.10. The lowest BCUT2D eigenvalue weighted by molar-refractivity contribution is -0.131. The Kier molecular flexibility index (Phi) is 6.91. The van der Waals surface area contributed by atoms with Crippen LogP contribution in [0.1, 0.15) is 25.8 Å². The number of hydrogen-bond donors (Lipinski definition) is 1. The number of pyridine rings is 1. The fourth-order valence-electron chi connectivity index (χ4n) is 3.24. The summed E-state index contributed by atoms with van der Waals surface area (Å²) in [4.78, 5) is 15.1. The number of methoxy groups -OCH3 is 1. The molecular weight excluding hydrogens is 382 g/mol. The third-order valence-electron chi connectivity index (χ3n) is 4.72. The highest BCUT2D eigenvalue weighted by atomic mass is 16.5. The van der Waals surface area contributed by atoms with Crippen LogP contribution in [0.25, 0.3) is 0 Å². The van der Waals surface area contributed by atoms with Gasteiger partial charge in [-0.05, 0) is 61.1 Å². The van der Waals surface area contributed by atoms with E-state index in [1.807, 2.05) is 50.3 Å². The summed E-state index contributed by atoms with van der Waals surface area (Å²) < 4.78 is 16.9. The summed E-state index contributed by atoms with van der Waals surface area (Å²) in [5.41, 5.74) is 3.04. The molecule has 1 aliphatic carbocycles. The van der Waals surface area contributed by atoms with Crippen molar-refractivity contribution >= 4 is 5.97 Å². The third kappa shape index (κ3) is 5.73. The summed E-state index contributed by atoms with van der Waals surface area (Å²) in [6, 6.07) is 11.3. The van der Waals surface area contributed by atoms with Crippen molar-refractivity contribution in [3.63, 3.8) is 0 Å². The van der Waals surface area contributed by atoms with Crippen molar-refractivity contribution in [2.24, 2.45) is 5.92 Å². The molecule has 0 amide bonds. The molecule has 0 aliphatic heterocycles. The zero-order valence-electron chi connectivity index (χ0n) is 17.3. The second kappa shape index (κ2) is 9.78. The van der Waals surface area contributed by atoms with Gasteiger partial charge in [0, 0.05) is 12.1 Å². The first-order valence-corrected chi connectivity index (χ1v) is 9.64. The van der Waals surface area contributed by atoms with Gasteiger partial charge in [-0.2, -0.15) is 0 Å². The molecule has 1 aromatic carbocycles. The van der Waals surface area contributed by atoms with Crippen molar-refractivity contribution in [2.75, 3.05) is 7.11 Å². The van der Waals surface area contributed by atoms with E-state index >= 15 is 0 Å². The molecule has 6 nitrogen and oxygen atoms in total. The zero-order valence-corrected chi connectivity index (χ0v) is 17.3. The van der Waals surface area contributed by atoms with E-state index in [1.54, 1.807) is 25.4 Å². The van der Waals surface area contributed by atoms with Gasteiger partial charge in [-0.25, -0.2) is 9.78 Å². The lowest BCUT2D eigenvalue weighted by atomic mass is 9.90. The highest BCUT2D eigenvalue weighted by Gasteiger charge is 2.18. The van der Waals surface area contributed by atoms with Crippen LogP contribution in [0.4, 0.5) is 0 Å². The lowest BCUT2D eigenvalue weighted by Crippen LogP contribution is -2.10. The molecule has 0 fully saturated rings. The number of rotatable bonds is 8. The molecule has 1 heterocycles. The smallest absolute Gasteiger partial charge is 0.327 e. The van der Waals surface area contributed by atoms with Crippen LogP contribution in [0.2, 0.25) is 0 Å². The van der Waals surface area contributed by atoms with Crippen molar-refractivity contribution in [3.05, 3.63) is 83.3 Å². The van der Waals surface area contributed by atoms with Gasteiger partial charge in [0.2, 0.25) is 5.88 Å². The highest BCUT2D eigenvalue weighted by Crippen LogP contribution is 2.31. The van der Waals surface area contributed by atoms with Crippen LogP contribution in [0.5, 0.6) is 17.4 Å². The first-order chi connectivity index (χ1) is 14.4. The molecule has 1 unspecified atom stereocenters. The molecule has 0 radical (unpaired) electrons. The van der Waals surface area contributed by atoms with Crippen molar-refractivity contribution in [2.45, 2.75) is 26.9 Å². The van der Waals surface area contributed by atoms with E-state index in [0.29, 0.717) is 24.7 Å². The number of carboxylic acid groups (broad SMARTS) is 1. The number of aromatic nitrogens is 1. The molecule has 1 aromatic heterocycles. The maximum atomic E-state index is 10.7. The van der Waals surface area contributed by atoms with E-state index < -0.39 is 5.97 Å². The Balaban J connectivity index is 1.59. The maximum absolute atomic E-state index is 10.7. The molecule has 2 aromatic rings. The predicted octanol–water partition coefficient (Wildman–Crippen LogP) is 4.93. The summed E-state index contributed by atoms with van der Waals surface area (Å²) in [5.74, 6) is 1.82. The standard InChI is InChI=1S/C24H25NO5/c1-16-12-19(6-11-23(26)27)13-17(2)24(16)30-22-10-9-21(14-25-22)29-15-18-4-7-20(28-3)8-5-18/h4-12,14,19H,13,15H2,1-3H3,(H,26,27)/b11-6+. The topological polar surface area (TPSA) is 77.9 Å². The van der Waals surface area contributed by atoms with E-state index in [1.165, 1.54) is 6.08 Å². The van der Waals surface area contributed by atoms with Crippen molar-refractivity contribution in [1.29, 1.82) is 0 Å². The Morgan fingerprint density at radius 2 is 1.90 bits per heavy atom. The van der Waals surface area contributed by atoms with E-state index in [4.69, 9.17) is 19.3 Å². The van der Waals surface area contributed by atoms with Crippen molar-refractivity contribution < 1.29 is 24.1 Å². The van der Waals surface area contributed by atoms with Crippen molar-refractivity contribution in [3.8, 4) is 17.4 Å². The Morgan fingerprint density at radius 1 is 1.17 bits per heavy atom. The molecule has 6 heteroatoms. The summed E-state index contributed by atoms with van der Waals surface area (Å²) in [5, 5.41) is 8.80. The van der Waals surface area contributed by atoms with Crippen molar-refractivity contribution in [1.82, 2.24) is 4.98 Å². The molecule has 1 atom stereocenters. The van der Waals surface area contributed by atoms with Crippen LogP contribution < -0.4 is 14.2 Å². The fourth-order valence-corrected chi connectivity index (χ4v) is 3.24. The van der Waals surface area contributed by atoms with E-state index in [-0.39, 0.29) is 5.92 Å². The Hall–Kier alpha value is -3.54. The lowest BCUT2D eigenvalue weighted by Gasteiger charge is -2.22. The summed E-state index contributed by atoms with van der Waals surface area (Å²) in [6.07, 6.45) is 7.22. The average molecular weight is 407 g/mol. The predicted molar refractivity (Wildman–Crippen MR) is 114 cm³/mol. The van der Waals surface area contributed by atoms with Gasteiger partial charge in [-0.1, -0.05) is 24.3 Å². The van der Waals surface area contributed by atoms with Crippen LogP contribution in [-0.4, -0.2) is 23.2 Å². The van der Waals surface area contributed by atoms with E-state index in [2.05, 4.69) is 4.98 Å². The molecule has 1 aliphatic rings. The van der Waals surface area contributed by atoms with Crippen LogP contribution in [0.3, 0.4) is 0 Å². The van der Waals surface area contributed by atoms with Gasteiger partial charge in [-0.3, -0.25) is 0 Å². The number of allylic oxidation sites excluding steroid dienone is 4. The Bertz CT molecular complexity index is 972. The number of hydrogen-bond acceptors (Lipinski definition) is 5. The monoisotopic (exact) mass is 407 g/mol. The van der Waals surface area contributed by atoms with Crippen LogP contribution >= 0.6 is 0 Å². The van der Waals surface area contributed by atoms with Gasteiger partial charge < -0.3 is 19.3 Å². The van der Waals surface area contributed by atoms with E-state index in [9.17, 15) is 4.79 Å². The molecule has 30 heavy (non-hydrogen) atoms. The molecule has 0 spiro atoms. The second-order valence-corrected chi connectivity index (χ2v) is 7.10. The quantitative estimate of drug-likeness (QED) is 0.625. The summed E-state index contributed by atoms with van der Waals surface area (Å²) >= 11 is 0. The number of carboxylic acids is 1. The van der Waals surface area contributed by atoms with Crippen LogP contribution in [0.15, 0.2) is 77.7 Å². The van der Waals surface area contributed by atoms with Gasteiger partial charge in [-0.15, -0.1) is 0 Å². The minimum atomic E-state index is -0.941. The molecule has 0 bridgehead atoms. The largest absolute Gasteiger partial charge is 0.497 e. The maximum Gasteiger partial charge on any atom is 0.327 e. The van der Waals surface area contributed by atoms with Gasteiger partial charge in [0.1, 0.15) is 23.9 Å². The molecule has 3 rings (SSSR count). The number of nitrogens with zero attached hydrogens (tertiary/aromatic N) is 1. The minimum absolute atomic E-state index is 0.0511. The average Bonchev–Trinajstić information content (AvgIpc) is 2.74. The van der Waals surface area contributed by atoms with Crippen LogP contribution in [-0.2, 0) is 11.4 Å². The normalized spacial score (nSPS) is 16.4. The summed E-state index contributed by atoms with van der Waals surface area (Å²) in [6.45, 7) is 4.37. The number of aliphatic carboxylic acids is 1. The first kappa shape index (κ1) is 21.2. The fraction of sp³-hybridized carbons (Fsp3) is 0.250.